The molecule has 5 nitrogen and oxygen atoms in total. The van der Waals surface area contributed by atoms with Gasteiger partial charge in [-0.25, -0.2) is 0 Å². The van der Waals surface area contributed by atoms with Gasteiger partial charge in [-0.3, -0.25) is 19.3 Å². The summed E-state index contributed by atoms with van der Waals surface area (Å²) in [5, 5.41) is 0. The molecule has 1 saturated carbocycles. The maximum atomic E-state index is 12.4. The standard InChI is InChI=1S/C20H26N2O3/c1-14-7-9-15(10-8-14)13-21(2)18(23)11-12-22-19(24)16-5-3-4-6-17(16)20(22)25/h7-10,16-17H,3-6,11-13H2,1-2H3/t16-,17+. The number of carbonyl (C=O) groups excluding carboxylic acids is 3. The minimum absolute atomic E-state index is 0.0453. The molecule has 0 unspecified atom stereocenters. The maximum absolute atomic E-state index is 12.4. The first-order chi connectivity index (χ1) is 12.0. The molecule has 2 fully saturated rings. The van der Waals surface area contributed by atoms with Gasteiger partial charge < -0.3 is 4.90 Å². The Morgan fingerprint density at radius 3 is 2.20 bits per heavy atom. The third kappa shape index (κ3) is 3.75. The molecule has 0 spiro atoms. The summed E-state index contributed by atoms with van der Waals surface area (Å²) in [6.07, 6.45) is 3.86. The summed E-state index contributed by atoms with van der Waals surface area (Å²) < 4.78 is 0. The normalized spacial score (nSPS) is 22.9. The molecule has 1 aliphatic heterocycles. The van der Waals surface area contributed by atoms with E-state index in [1.165, 1.54) is 10.5 Å². The van der Waals surface area contributed by atoms with Gasteiger partial charge in [-0.1, -0.05) is 42.7 Å². The van der Waals surface area contributed by atoms with Crippen LogP contribution in [0.15, 0.2) is 24.3 Å². The Kier molecular flexibility index (Phi) is 5.21. The fourth-order valence-corrected chi connectivity index (χ4v) is 3.91. The van der Waals surface area contributed by atoms with Crippen molar-refractivity contribution < 1.29 is 14.4 Å². The zero-order chi connectivity index (χ0) is 18.0. The van der Waals surface area contributed by atoms with Gasteiger partial charge in [0.2, 0.25) is 17.7 Å². The number of nitrogens with zero attached hydrogens (tertiary/aromatic N) is 2. The average Bonchev–Trinajstić information content (AvgIpc) is 2.86. The Morgan fingerprint density at radius 2 is 1.64 bits per heavy atom. The van der Waals surface area contributed by atoms with Crippen molar-refractivity contribution in [1.29, 1.82) is 0 Å². The highest BCUT2D eigenvalue weighted by molar-refractivity contribution is 6.05. The second kappa shape index (κ2) is 7.38. The third-order valence-corrected chi connectivity index (χ3v) is 5.45. The van der Waals surface area contributed by atoms with Gasteiger partial charge in [0.25, 0.3) is 0 Å². The zero-order valence-electron chi connectivity index (χ0n) is 15.0. The van der Waals surface area contributed by atoms with Crippen molar-refractivity contribution in [3.8, 4) is 0 Å². The molecule has 134 valence electrons. The number of carbonyl (C=O) groups is 3. The van der Waals surface area contributed by atoms with Crippen molar-refractivity contribution in [2.75, 3.05) is 13.6 Å². The van der Waals surface area contributed by atoms with E-state index in [1.807, 2.05) is 31.2 Å². The Balaban J connectivity index is 1.53. The first-order valence-corrected chi connectivity index (χ1v) is 9.12. The number of hydrogen-bond donors (Lipinski definition) is 0. The number of fused-ring (bicyclic) bond motifs is 1. The smallest absolute Gasteiger partial charge is 0.233 e. The highest BCUT2D eigenvalue weighted by atomic mass is 16.2. The van der Waals surface area contributed by atoms with Crippen LogP contribution in [-0.4, -0.2) is 41.1 Å². The molecular weight excluding hydrogens is 316 g/mol. The summed E-state index contributed by atoms with van der Waals surface area (Å²) >= 11 is 0. The van der Waals surface area contributed by atoms with E-state index in [9.17, 15) is 14.4 Å². The molecule has 2 aliphatic rings. The molecule has 1 saturated heterocycles. The lowest BCUT2D eigenvalue weighted by Gasteiger charge is -2.20. The summed E-state index contributed by atoms with van der Waals surface area (Å²) in [6.45, 7) is 2.77. The molecule has 3 rings (SSSR count). The van der Waals surface area contributed by atoms with E-state index < -0.39 is 0 Å². The van der Waals surface area contributed by atoms with Gasteiger partial charge in [0, 0.05) is 26.6 Å². The molecule has 0 bridgehead atoms. The number of benzene rings is 1. The predicted octanol–water partition coefficient (Wildman–Crippen LogP) is 2.52. The topological polar surface area (TPSA) is 57.7 Å². The van der Waals surface area contributed by atoms with Crippen LogP contribution in [0.3, 0.4) is 0 Å². The number of imide groups is 1. The minimum atomic E-state index is -0.137. The van der Waals surface area contributed by atoms with Gasteiger partial charge >= 0.3 is 0 Å². The zero-order valence-corrected chi connectivity index (χ0v) is 15.0. The van der Waals surface area contributed by atoms with Gasteiger partial charge in [-0.2, -0.15) is 0 Å². The first-order valence-electron chi connectivity index (χ1n) is 9.12. The molecule has 1 aromatic carbocycles. The van der Waals surface area contributed by atoms with Crippen LogP contribution in [0.5, 0.6) is 0 Å². The van der Waals surface area contributed by atoms with Gasteiger partial charge in [-0.05, 0) is 25.3 Å². The van der Waals surface area contributed by atoms with Crippen LogP contribution in [-0.2, 0) is 20.9 Å². The van der Waals surface area contributed by atoms with E-state index in [4.69, 9.17) is 0 Å². The average molecular weight is 342 g/mol. The van der Waals surface area contributed by atoms with Gasteiger partial charge in [0.1, 0.15) is 0 Å². The molecule has 1 aliphatic carbocycles. The van der Waals surface area contributed by atoms with E-state index in [0.717, 1.165) is 31.2 Å². The van der Waals surface area contributed by atoms with Gasteiger partial charge in [0.15, 0.2) is 0 Å². The molecule has 1 aromatic rings. The number of likely N-dealkylation sites (tertiary alicyclic amines) is 1. The summed E-state index contributed by atoms with van der Waals surface area (Å²) in [5.74, 6) is -0.452. The molecule has 0 aromatic heterocycles. The lowest BCUT2D eigenvalue weighted by molar-refractivity contribution is -0.140. The Bertz CT molecular complexity index is 644. The fraction of sp³-hybridized carbons (Fsp3) is 0.550. The summed E-state index contributed by atoms with van der Waals surface area (Å²) in [5.41, 5.74) is 2.26. The van der Waals surface area contributed by atoms with E-state index in [2.05, 4.69) is 0 Å². The lowest BCUT2D eigenvalue weighted by Crippen LogP contribution is -2.36. The van der Waals surface area contributed by atoms with E-state index >= 15 is 0 Å². The number of hydrogen-bond acceptors (Lipinski definition) is 3. The van der Waals surface area contributed by atoms with Gasteiger partial charge in [0.05, 0.1) is 11.8 Å². The molecule has 0 N–H and O–H groups in total. The van der Waals surface area contributed by atoms with Crippen LogP contribution in [0.1, 0.15) is 43.2 Å². The maximum Gasteiger partial charge on any atom is 0.233 e. The Hall–Kier alpha value is -2.17. The van der Waals surface area contributed by atoms with Crippen LogP contribution in [0.25, 0.3) is 0 Å². The molecule has 3 amide bonds. The van der Waals surface area contributed by atoms with Crippen LogP contribution >= 0.6 is 0 Å². The van der Waals surface area contributed by atoms with E-state index in [0.29, 0.717) is 6.54 Å². The van der Waals surface area contributed by atoms with Crippen LogP contribution in [0.2, 0.25) is 0 Å². The third-order valence-electron chi connectivity index (χ3n) is 5.45. The van der Waals surface area contributed by atoms with Crippen molar-refractivity contribution >= 4 is 17.7 Å². The van der Waals surface area contributed by atoms with Crippen LogP contribution in [0, 0.1) is 18.8 Å². The monoisotopic (exact) mass is 342 g/mol. The Labute approximate surface area is 149 Å². The number of aryl methyl sites for hydroxylation is 1. The van der Waals surface area contributed by atoms with Gasteiger partial charge in [-0.15, -0.1) is 0 Å². The quantitative estimate of drug-likeness (QED) is 0.773. The Morgan fingerprint density at radius 1 is 1.08 bits per heavy atom. The molecule has 2 atom stereocenters. The largest absolute Gasteiger partial charge is 0.341 e. The van der Waals surface area contributed by atoms with E-state index in [1.54, 1.807) is 11.9 Å². The number of rotatable bonds is 5. The lowest BCUT2D eigenvalue weighted by atomic mass is 9.81. The number of amides is 3. The SMILES string of the molecule is Cc1ccc(CN(C)C(=O)CCN2C(=O)[C@H]3CCCC[C@H]3C2=O)cc1. The van der Waals surface area contributed by atoms with E-state index in [-0.39, 0.29) is 42.5 Å². The highest BCUT2D eigenvalue weighted by Crippen LogP contribution is 2.37. The van der Waals surface area contributed by atoms with Crippen molar-refractivity contribution in [1.82, 2.24) is 9.80 Å². The molecular formula is C20H26N2O3. The van der Waals surface area contributed by atoms with Crippen LogP contribution < -0.4 is 0 Å². The predicted molar refractivity (Wildman–Crippen MR) is 94.4 cm³/mol. The summed E-state index contributed by atoms with van der Waals surface area (Å²) in [6, 6.07) is 8.07. The van der Waals surface area contributed by atoms with Crippen LogP contribution in [0.4, 0.5) is 0 Å². The summed E-state index contributed by atoms with van der Waals surface area (Å²) in [4.78, 5) is 40.2. The van der Waals surface area contributed by atoms with Crippen molar-refractivity contribution in [3.05, 3.63) is 35.4 Å². The fourth-order valence-electron chi connectivity index (χ4n) is 3.91. The highest BCUT2D eigenvalue weighted by Gasteiger charge is 2.47. The molecule has 5 heteroatoms. The van der Waals surface area contributed by atoms with Crippen molar-refractivity contribution in [2.45, 2.75) is 45.6 Å². The second-order valence-electron chi connectivity index (χ2n) is 7.31. The first kappa shape index (κ1) is 17.6. The minimum Gasteiger partial charge on any atom is -0.341 e. The van der Waals surface area contributed by atoms with Crippen molar-refractivity contribution in [3.63, 3.8) is 0 Å². The molecule has 1 heterocycles. The molecule has 0 radical (unpaired) electrons. The van der Waals surface area contributed by atoms with Crippen molar-refractivity contribution in [2.24, 2.45) is 11.8 Å². The molecule has 25 heavy (non-hydrogen) atoms. The summed E-state index contributed by atoms with van der Waals surface area (Å²) in [7, 11) is 1.76. The second-order valence-corrected chi connectivity index (χ2v) is 7.31.